The van der Waals surface area contributed by atoms with Crippen molar-refractivity contribution in [1.29, 1.82) is 0 Å². The fourth-order valence-corrected chi connectivity index (χ4v) is 4.55. The van der Waals surface area contributed by atoms with E-state index < -0.39 is 0 Å². The van der Waals surface area contributed by atoms with Crippen LogP contribution in [0.5, 0.6) is 0 Å². The van der Waals surface area contributed by atoms with Gasteiger partial charge in [-0.2, -0.15) is 0 Å². The van der Waals surface area contributed by atoms with Crippen molar-refractivity contribution in [3.05, 3.63) is 57.4 Å². The molecule has 130 valence electrons. The van der Waals surface area contributed by atoms with E-state index in [0.29, 0.717) is 12.5 Å². The standard InChI is InChI=1S/C20H23N3OS/c1-2-22-13-9-16-15-8-12(19(24)11-14-4-3-7-25-14)5-6-18(15)23-20(16)17(21)10-13/h3-8,13,17,22-23H,2,9-11,21H2,1H3. The number of Topliss-reactive ketones (excluding diaryl/α,β-unsaturated/α-hetero) is 1. The van der Waals surface area contributed by atoms with Crippen LogP contribution in [0.4, 0.5) is 0 Å². The highest BCUT2D eigenvalue weighted by Gasteiger charge is 2.27. The molecule has 3 aromatic rings. The maximum atomic E-state index is 12.6. The van der Waals surface area contributed by atoms with Gasteiger partial charge in [-0.15, -0.1) is 11.3 Å². The Morgan fingerprint density at radius 2 is 2.28 bits per heavy atom. The van der Waals surface area contributed by atoms with Gasteiger partial charge in [0.25, 0.3) is 0 Å². The quantitative estimate of drug-likeness (QED) is 0.614. The third kappa shape index (κ3) is 3.15. The van der Waals surface area contributed by atoms with Gasteiger partial charge in [0.1, 0.15) is 0 Å². The Bertz CT molecular complexity index is 897. The molecular formula is C20H23N3OS. The number of H-pyrrole nitrogens is 1. The lowest BCUT2D eigenvalue weighted by molar-refractivity contribution is 0.0994. The Morgan fingerprint density at radius 3 is 3.04 bits per heavy atom. The number of aromatic amines is 1. The summed E-state index contributed by atoms with van der Waals surface area (Å²) in [6, 6.07) is 10.4. The fraction of sp³-hybridized carbons (Fsp3) is 0.350. The van der Waals surface area contributed by atoms with Gasteiger partial charge in [-0.1, -0.05) is 13.0 Å². The fourth-order valence-electron chi connectivity index (χ4n) is 3.85. The summed E-state index contributed by atoms with van der Waals surface area (Å²) in [6.45, 7) is 3.07. The average molecular weight is 353 g/mol. The van der Waals surface area contributed by atoms with Gasteiger partial charge in [0.05, 0.1) is 0 Å². The molecule has 1 aliphatic rings. The van der Waals surface area contributed by atoms with Gasteiger partial charge in [0, 0.05) is 45.5 Å². The van der Waals surface area contributed by atoms with Crippen LogP contribution in [-0.4, -0.2) is 23.4 Å². The van der Waals surface area contributed by atoms with Crippen molar-refractivity contribution in [2.24, 2.45) is 5.73 Å². The lowest BCUT2D eigenvalue weighted by Crippen LogP contribution is -2.37. The van der Waals surface area contributed by atoms with E-state index in [1.807, 2.05) is 35.7 Å². The molecule has 5 heteroatoms. The van der Waals surface area contributed by atoms with Gasteiger partial charge in [-0.25, -0.2) is 0 Å². The lowest BCUT2D eigenvalue weighted by atomic mass is 9.88. The van der Waals surface area contributed by atoms with Crippen LogP contribution < -0.4 is 11.1 Å². The Balaban J connectivity index is 1.68. The normalized spacial score (nSPS) is 19.9. The number of benzene rings is 1. The molecule has 1 aliphatic carbocycles. The topological polar surface area (TPSA) is 70.9 Å². The summed E-state index contributed by atoms with van der Waals surface area (Å²) in [5.41, 5.74) is 10.6. The number of nitrogens with two attached hydrogens (primary N) is 1. The summed E-state index contributed by atoms with van der Waals surface area (Å²) in [7, 11) is 0. The minimum Gasteiger partial charge on any atom is -0.357 e. The molecule has 0 aliphatic heterocycles. The van der Waals surface area contributed by atoms with Gasteiger partial charge in [-0.05, 0) is 54.6 Å². The van der Waals surface area contributed by atoms with Crippen LogP contribution in [0.3, 0.4) is 0 Å². The number of thiophene rings is 1. The number of rotatable bonds is 5. The number of carbonyl (C=O) groups excluding carboxylic acids is 1. The SMILES string of the molecule is CCNC1Cc2c([nH]c3ccc(C(=O)Cc4cccs4)cc23)C(N)C1. The molecule has 25 heavy (non-hydrogen) atoms. The smallest absolute Gasteiger partial charge is 0.168 e. The van der Waals surface area contributed by atoms with Crippen LogP contribution in [0.15, 0.2) is 35.7 Å². The summed E-state index contributed by atoms with van der Waals surface area (Å²) in [4.78, 5) is 17.2. The first-order chi connectivity index (χ1) is 12.2. The first-order valence-electron chi connectivity index (χ1n) is 8.84. The zero-order valence-corrected chi connectivity index (χ0v) is 15.2. The number of nitrogens with one attached hydrogen (secondary N) is 2. The first kappa shape index (κ1) is 16.5. The Hall–Kier alpha value is -1.95. The highest BCUT2D eigenvalue weighted by molar-refractivity contribution is 7.10. The van der Waals surface area contributed by atoms with E-state index >= 15 is 0 Å². The molecule has 0 radical (unpaired) electrons. The zero-order chi connectivity index (χ0) is 17.4. The molecule has 2 heterocycles. The molecule has 2 atom stereocenters. The number of hydrogen-bond acceptors (Lipinski definition) is 4. The highest BCUT2D eigenvalue weighted by Crippen LogP contribution is 2.34. The molecule has 4 N–H and O–H groups in total. The van der Waals surface area contributed by atoms with Crippen molar-refractivity contribution in [2.75, 3.05) is 6.54 Å². The Kier molecular flexibility index (Phi) is 4.46. The van der Waals surface area contributed by atoms with E-state index in [1.165, 1.54) is 5.56 Å². The molecule has 0 saturated heterocycles. The van der Waals surface area contributed by atoms with Crippen molar-refractivity contribution in [1.82, 2.24) is 10.3 Å². The van der Waals surface area contributed by atoms with Crippen LogP contribution in [0, 0.1) is 0 Å². The Labute approximate surface area is 151 Å². The molecule has 0 spiro atoms. The van der Waals surface area contributed by atoms with E-state index in [9.17, 15) is 4.79 Å². The third-order valence-electron chi connectivity index (χ3n) is 5.03. The summed E-state index contributed by atoms with van der Waals surface area (Å²) in [6.07, 6.45) is 2.37. The zero-order valence-electron chi connectivity index (χ0n) is 14.3. The largest absolute Gasteiger partial charge is 0.357 e. The van der Waals surface area contributed by atoms with Crippen LogP contribution in [0.1, 0.15) is 45.9 Å². The summed E-state index contributed by atoms with van der Waals surface area (Å²) < 4.78 is 0. The van der Waals surface area contributed by atoms with Gasteiger partial charge < -0.3 is 16.0 Å². The average Bonchev–Trinajstić information content (AvgIpc) is 3.22. The van der Waals surface area contributed by atoms with E-state index in [-0.39, 0.29) is 11.8 Å². The van der Waals surface area contributed by atoms with Crippen molar-refractivity contribution < 1.29 is 4.79 Å². The minimum atomic E-state index is 0.0190. The first-order valence-corrected chi connectivity index (χ1v) is 9.72. The van der Waals surface area contributed by atoms with Gasteiger partial charge in [0.2, 0.25) is 0 Å². The molecule has 0 saturated carbocycles. The van der Waals surface area contributed by atoms with Crippen molar-refractivity contribution >= 4 is 28.0 Å². The molecular weight excluding hydrogens is 330 g/mol. The van der Waals surface area contributed by atoms with Crippen LogP contribution in [0.25, 0.3) is 10.9 Å². The summed E-state index contributed by atoms with van der Waals surface area (Å²) >= 11 is 1.63. The summed E-state index contributed by atoms with van der Waals surface area (Å²) in [5, 5.41) is 6.67. The molecule has 0 amide bonds. The molecule has 2 unspecified atom stereocenters. The molecule has 1 aromatic carbocycles. The predicted molar refractivity (Wildman–Crippen MR) is 103 cm³/mol. The number of hydrogen-bond donors (Lipinski definition) is 3. The maximum absolute atomic E-state index is 12.6. The van der Waals surface area contributed by atoms with Crippen LogP contribution >= 0.6 is 11.3 Å². The van der Waals surface area contributed by atoms with Gasteiger partial charge >= 0.3 is 0 Å². The second kappa shape index (κ2) is 6.75. The molecule has 2 aromatic heterocycles. The second-order valence-electron chi connectivity index (χ2n) is 6.76. The van der Waals surface area contributed by atoms with E-state index in [2.05, 4.69) is 17.2 Å². The predicted octanol–water partition coefficient (Wildman–Crippen LogP) is 3.58. The molecule has 0 fully saturated rings. The summed E-state index contributed by atoms with van der Waals surface area (Å²) in [5.74, 6) is 0.169. The van der Waals surface area contributed by atoms with Gasteiger partial charge in [-0.3, -0.25) is 4.79 Å². The van der Waals surface area contributed by atoms with Crippen LogP contribution in [-0.2, 0) is 12.8 Å². The number of ketones is 1. The van der Waals surface area contributed by atoms with Crippen LogP contribution in [0.2, 0.25) is 0 Å². The molecule has 0 bridgehead atoms. The van der Waals surface area contributed by atoms with E-state index in [1.54, 1.807) is 11.3 Å². The highest BCUT2D eigenvalue weighted by atomic mass is 32.1. The lowest BCUT2D eigenvalue weighted by Gasteiger charge is -2.27. The van der Waals surface area contributed by atoms with Crippen molar-refractivity contribution in [3.63, 3.8) is 0 Å². The van der Waals surface area contributed by atoms with E-state index in [4.69, 9.17) is 5.73 Å². The van der Waals surface area contributed by atoms with Crippen molar-refractivity contribution in [3.8, 4) is 0 Å². The number of aromatic nitrogens is 1. The van der Waals surface area contributed by atoms with Gasteiger partial charge in [0.15, 0.2) is 5.78 Å². The third-order valence-corrected chi connectivity index (χ3v) is 5.90. The number of carbonyl (C=O) groups is 1. The number of likely N-dealkylation sites (N-methyl/N-ethyl adjacent to an activating group) is 1. The molecule has 4 rings (SSSR count). The van der Waals surface area contributed by atoms with Crippen molar-refractivity contribution in [2.45, 2.75) is 38.3 Å². The Morgan fingerprint density at radius 1 is 1.40 bits per heavy atom. The monoisotopic (exact) mass is 353 g/mol. The second-order valence-corrected chi connectivity index (χ2v) is 7.79. The number of fused-ring (bicyclic) bond motifs is 3. The molecule has 4 nitrogen and oxygen atoms in total. The van der Waals surface area contributed by atoms with E-state index in [0.717, 1.165) is 46.4 Å². The maximum Gasteiger partial charge on any atom is 0.168 e. The minimum absolute atomic E-state index is 0.0190.